The lowest BCUT2D eigenvalue weighted by atomic mass is 9.81. The Bertz CT molecular complexity index is 452. The van der Waals surface area contributed by atoms with Crippen molar-refractivity contribution in [2.24, 2.45) is 5.41 Å². The maximum absolute atomic E-state index is 9.55. The minimum atomic E-state index is -0.179. The molecule has 0 bridgehead atoms. The van der Waals surface area contributed by atoms with Gasteiger partial charge in [-0.25, -0.2) is 0 Å². The van der Waals surface area contributed by atoms with Crippen molar-refractivity contribution in [2.45, 2.75) is 12.8 Å². The molecule has 1 saturated heterocycles. The molecule has 1 aromatic heterocycles. The van der Waals surface area contributed by atoms with Crippen LogP contribution in [0.25, 0.3) is 0 Å². The van der Waals surface area contributed by atoms with E-state index in [1.165, 1.54) is 11.5 Å². The van der Waals surface area contributed by atoms with E-state index in [-0.39, 0.29) is 17.2 Å². The van der Waals surface area contributed by atoms with Gasteiger partial charge in [-0.3, -0.25) is 0 Å². The molecule has 0 saturated carbocycles. The lowest BCUT2D eigenvalue weighted by molar-refractivity contribution is -0.00855. The summed E-state index contributed by atoms with van der Waals surface area (Å²) in [6.07, 6.45) is 1.62. The summed E-state index contributed by atoms with van der Waals surface area (Å²) in [7, 11) is 0. The molecule has 5 nitrogen and oxygen atoms in total. The van der Waals surface area contributed by atoms with E-state index in [4.69, 9.17) is 21.6 Å². The second-order valence-electron chi connectivity index (χ2n) is 4.41. The fraction of sp³-hybridized carbons (Fsp3) is 0.636. The molecule has 98 valence electrons. The van der Waals surface area contributed by atoms with Crippen molar-refractivity contribution in [3.05, 3.63) is 10.7 Å². The second kappa shape index (κ2) is 5.85. The lowest BCUT2D eigenvalue weighted by Crippen LogP contribution is -2.39. The van der Waals surface area contributed by atoms with Crippen LogP contribution >= 0.6 is 23.1 Å². The number of hydrogen-bond acceptors (Lipinski definition) is 6. The van der Waals surface area contributed by atoms with Crippen molar-refractivity contribution in [1.82, 2.24) is 4.37 Å². The van der Waals surface area contributed by atoms with Gasteiger partial charge in [0.25, 0.3) is 0 Å². The Kier molecular flexibility index (Phi) is 4.40. The van der Waals surface area contributed by atoms with Gasteiger partial charge in [0, 0.05) is 25.2 Å². The molecule has 1 aromatic rings. The van der Waals surface area contributed by atoms with Gasteiger partial charge >= 0.3 is 0 Å². The number of nitrogens with zero attached hydrogens (tertiary/aromatic N) is 2. The number of aliphatic hydroxyl groups is 1. The lowest BCUT2D eigenvalue weighted by Gasteiger charge is -2.35. The summed E-state index contributed by atoms with van der Waals surface area (Å²) in [5, 5.41) is 22.6. The van der Waals surface area contributed by atoms with Crippen LogP contribution in [-0.4, -0.2) is 35.8 Å². The van der Waals surface area contributed by atoms with Crippen molar-refractivity contribution >= 4 is 28.1 Å². The van der Waals surface area contributed by atoms with Crippen LogP contribution in [0.4, 0.5) is 5.00 Å². The van der Waals surface area contributed by atoms with Gasteiger partial charge < -0.3 is 15.2 Å². The molecule has 0 amide bonds. The molecular weight excluding hydrogens is 274 g/mol. The van der Waals surface area contributed by atoms with Crippen LogP contribution in [0, 0.1) is 16.7 Å². The largest absolute Gasteiger partial charge is 0.396 e. The van der Waals surface area contributed by atoms with E-state index in [0.717, 1.165) is 12.8 Å². The number of hydrogen-bond donors (Lipinski definition) is 2. The molecule has 0 aliphatic carbocycles. The molecule has 0 radical (unpaired) electrons. The van der Waals surface area contributed by atoms with Gasteiger partial charge in [-0.1, -0.05) is 11.6 Å². The number of aromatic nitrogens is 1. The Balaban J connectivity index is 2.03. The highest BCUT2D eigenvalue weighted by molar-refractivity contribution is 7.10. The Morgan fingerprint density at radius 1 is 1.56 bits per heavy atom. The van der Waals surface area contributed by atoms with Crippen LogP contribution < -0.4 is 5.32 Å². The first-order valence-corrected chi connectivity index (χ1v) is 6.84. The molecule has 2 N–H and O–H groups in total. The summed E-state index contributed by atoms with van der Waals surface area (Å²) in [5.41, 5.74) is 0.198. The second-order valence-corrected chi connectivity index (χ2v) is 5.54. The zero-order chi connectivity index (χ0) is 13.0. The highest BCUT2D eigenvalue weighted by atomic mass is 35.5. The third kappa shape index (κ3) is 2.75. The molecular formula is C11H14ClN3O2S. The van der Waals surface area contributed by atoms with Crippen LogP contribution in [0.5, 0.6) is 0 Å². The normalized spacial score (nSPS) is 18.3. The fourth-order valence-electron chi connectivity index (χ4n) is 1.95. The predicted octanol–water partition coefficient (Wildman–Crippen LogP) is 1.87. The van der Waals surface area contributed by atoms with E-state index in [2.05, 4.69) is 9.69 Å². The predicted molar refractivity (Wildman–Crippen MR) is 69.9 cm³/mol. The maximum atomic E-state index is 9.55. The highest BCUT2D eigenvalue weighted by Gasteiger charge is 2.32. The van der Waals surface area contributed by atoms with Gasteiger partial charge in [-0.15, -0.1) is 0 Å². The van der Waals surface area contributed by atoms with Crippen molar-refractivity contribution in [3.8, 4) is 6.07 Å². The summed E-state index contributed by atoms with van der Waals surface area (Å²) in [4.78, 5) is 0. The summed E-state index contributed by atoms with van der Waals surface area (Å²) in [6.45, 7) is 2.03. The molecule has 1 fully saturated rings. The SMILES string of the molecule is N#Cc1c(Cl)nsc1NCC1(CO)CCOCC1. The number of aliphatic hydroxyl groups excluding tert-OH is 1. The first-order valence-electron chi connectivity index (χ1n) is 5.68. The number of ether oxygens (including phenoxy) is 1. The molecule has 2 heterocycles. The minimum absolute atomic E-state index is 0.109. The van der Waals surface area contributed by atoms with Crippen molar-refractivity contribution in [3.63, 3.8) is 0 Å². The molecule has 1 aliphatic heterocycles. The van der Waals surface area contributed by atoms with Crippen LogP contribution in [0.15, 0.2) is 0 Å². The standard InChI is InChI=1S/C11H14ClN3O2S/c12-9-8(5-13)10(18-15-9)14-6-11(7-16)1-3-17-4-2-11/h14,16H,1-4,6-7H2. The number of halogens is 1. The minimum Gasteiger partial charge on any atom is -0.396 e. The fourth-order valence-corrected chi connectivity index (χ4v) is 2.88. The van der Waals surface area contributed by atoms with E-state index in [1.807, 2.05) is 6.07 Å². The molecule has 0 unspecified atom stereocenters. The summed E-state index contributed by atoms with van der Waals surface area (Å²) < 4.78 is 9.24. The first-order chi connectivity index (χ1) is 8.71. The number of anilines is 1. The van der Waals surface area contributed by atoms with Crippen molar-refractivity contribution < 1.29 is 9.84 Å². The average molecular weight is 288 g/mol. The van der Waals surface area contributed by atoms with E-state index in [0.29, 0.717) is 30.3 Å². The van der Waals surface area contributed by atoms with Crippen molar-refractivity contribution in [2.75, 3.05) is 31.7 Å². The maximum Gasteiger partial charge on any atom is 0.162 e. The summed E-state index contributed by atoms with van der Waals surface area (Å²) in [6, 6.07) is 2.03. The Hall–Kier alpha value is -0.870. The highest BCUT2D eigenvalue weighted by Crippen LogP contribution is 2.33. The quantitative estimate of drug-likeness (QED) is 0.884. The molecule has 0 spiro atoms. The van der Waals surface area contributed by atoms with Gasteiger partial charge in [0.05, 0.1) is 6.61 Å². The van der Waals surface area contributed by atoms with Gasteiger partial charge in [0.2, 0.25) is 0 Å². The molecule has 1 aliphatic rings. The number of nitriles is 1. The van der Waals surface area contributed by atoms with Crippen LogP contribution in [-0.2, 0) is 4.74 Å². The van der Waals surface area contributed by atoms with Crippen LogP contribution in [0.3, 0.4) is 0 Å². The zero-order valence-electron chi connectivity index (χ0n) is 9.78. The Labute approximate surface area is 114 Å². The monoisotopic (exact) mass is 287 g/mol. The third-order valence-electron chi connectivity index (χ3n) is 3.28. The number of rotatable bonds is 4. The molecule has 0 aromatic carbocycles. The van der Waals surface area contributed by atoms with Crippen LogP contribution in [0.1, 0.15) is 18.4 Å². The Morgan fingerprint density at radius 3 is 2.89 bits per heavy atom. The number of nitrogens with one attached hydrogen (secondary N) is 1. The average Bonchev–Trinajstić information content (AvgIpc) is 2.78. The third-order valence-corrected chi connectivity index (χ3v) is 4.45. The molecule has 0 atom stereocenters. The molecule has 2 rings (SSSR count). The van der Waals surface area contributed by atoms with E-state index in [9.17, 15) is 5.11 Å². The van der Waals surface area contributed by atoms with Crippen molar-refractivity contribution in [1.29, 1.82) is 5.26 Å². The topological polar surface area (TPSA) is 78.2 Å². The molecule has 7 heteroatoms. The Morgan fingerprint density at radius 2 is 2.28 bits per heavy atom. The van der Waals surface area contributed by atoms with E-state index in [1.54, 1.807) is 0 Å². The van der Waals surface area contributed by atoms with Gasteiger partial charge in [0.15, 0.2) is 5.15 Å². The smallest absolute Gasteiger partial charge is 0.162 e. The first kappa shape index (κ1) is 13.6. The van der Waals surface area contributed by atoms with Gasteiger partial charge in [-0.2, -0.15) is 9.64 Å². The zero-order valence-corrected chi connectivity index (χ0v) is 11.4. The summed E-state index contributed by atoms with van der Waals surface area (Å²) >= 11 is 6.97. The summed E-state index contributed by atoms with van der Waals surface area (Å²) in [5.74, 6) is 0. The molecule has 18 heavy (non-hydrogen) atoms. The van der Waals surface area contributed by atoms with E-state index >= 15 is 0 Å². The van der Waals surface area contributed by atoms with Gasteiger partial charge in [0.1, 0.15) is 16.6 Å². The van der Waals surface area contributed by atoms with Gasteiger partial charge in [-0.05, 0) is 24.4 Å². The van der Waals surface area contributed by atoms with Crippen LogP contribution in [0.2, 0.25) is 5.15 Å². The van der Waals surface area contributed by atoms with E-state index < -0.39 is 0 Å².